The molecule has 3 aliphatic carbocycles. The average Bonchev–Trinajstić information content (AvgIpc) is 3.37. The van der Waals surface area contributed by atoms with Crippen LogP contribution >= 0.6 is 0 Å². The molecular formula is C24H34O9. The van der Waals surface area contributed by atoms with Crippen LogP contribution in [0.5, 0.6) is 0 Å². The topological polar surface area (TPSA) is 125 Å². The number of carbonyl (C=O) groups is 4. The van der Waals surface area contributed by atoms with Crippen LogP contribution in [0.1, 0.15) is 60.8 Å². The van der Waals surface area contributed by atoms with Gasteiger partial charge in [-0.1, -0.05) is 20.8 Å². The van der Waals surface area contributed by atoms with Crippen LogP contribution in [0.2, 0.25) is 0 Å². The zero-order chi connectivity index (χ0) is 24.5. The maximum atomic E-state index is 13.6. The highest BCUT2D eigenvalue weighted by atomic mass is 16.6. The summed E-state index contributed by atoms with van der Waals surface area (Å²) in [6.45, 7) is 9.88. The Morgan fingerprint density at radius 2 is 1.79 bits per heavy atom. The fourth-order valence-corrected chi connectivity index (χ4v) is 6.56. The molecule has 3 saturated carbocycles. The highest BCUT2D eigenvalue weighted by Gasteiger charge is 2.82. The smallest absolute Gasteiger partial charge is 0.306 e. The van der Waals surface area contributed by atoms with Crippen molar-refractivity contribution in [1.29, 1.82) is 0 Å². The summed E-state index contributed by atoms with van der Waals surface area (Å²) in [5.74, 6) is -1.80. The molecular weight excluding hydrogens is 432 g/mol. The number of hydrogen-bond acceptors (Lipinski definition) is 9. The number of esters is 3. The highest BCUT2D eigenvalue weighted by Crippen LogP contribution is 2.73. The molecule has 1 N–H and O–H groups in total. The van der Waals surface area contributed by atoms with Crippen LogP contribution in [0.3, 0.4) is 0 Å². The van der Waals surface area contributed by atoms with Crippen molar-refractivity contribution in [3.05, 3.63) is 0 Å². The minimum absolute atomic E-state index is 0.0585. The number of aliphatic hydroxyl groups excluding tert-OH is 1. The third kappa shape index (κ3) is 3.41. The van der Waals surface area contributed by atoms with E-state index >= 15 is 0 Å². The highest BCUT2D eigenvalue weighted by molar-refractivity contribution is 5.95. The number of ketones is 1. The van der Waals surface area contributed by atoms with E-state index in [1.54, 1.807) is 6.92 Å². The van der Waals surface area contributed by atoms with Gasteiger partial charge in [0.25, 0.3) is 0 Å². The summed E-state index contributed by atoms with van der Waals surface area (Å²) in [6.07, 6.45) is -3.50. The van der Waals surface area contributed by atoms with Crippen LogP contribution in [0.15, 0.2) is 0 Å². The maximum absolute atomic E-state index is 13.6. The van der Waals surface area contributed by atoms with Gasteiger partial charge in [-0.2, -0.15) is 0 Å². The number of rotatable bonds is 6. The summed E-state index contributed by atoms with van der Waals surface area (Å²) >= 11 is 0. The van der Waals surface area contributed by atoms with E-state index < -0.39 is 53.3 Å². The third-order valence-electron chi connectivity index (χ3n) is 8.50. The second kappa shape index (κ2) is 7.77. The van der Waals surface area contributed by atoms with E-state index in [1.807, 2.05) is 20.8 Å². The largest absolute Gasteiger partial charge is 0.465 e. The van der Waals surface area contributed by atoms with Gasteiger partial charge >= 0.3 is 17.9 Å². The molecule has 0 aromatic carbocycles. The quantitative estimate of drug-likeness (QED) is 0.458. The molecule has 1 heterocycles. The SMILES string of the molecule is CC(=O)OC[C@]12C[C@H](OC(=O)CC(C)C)[C@]3(C)C[C@@H]3[C@H]1O[C@H]1C(=O)[C@]2(C)[C@H](OC(C)=O)[C@H]1O. The van der Waals surface area contributed by atoms with Crippen molar-refractivity contribution in [3.63, 3.8) is 0 Å². The Bertz CT molecular complexity index is 883. The summed E-state index contributed by atoms with van der Waals surface area (Å²) in [5.41, 5.74) is -2.85. The van der Waals surface area contributed by atoms with E-state index in [9.17, 15) is 24.3 Å². The minimum atomic E-state index is -1.38. The van der Waals surface area contributed by atoms with Crippen LogP contribution in [-0.4, -0.2) is 65.9 Å². The fourth-order valence-electron chi connectivity index (χ4n) is 6.56. The lowest BCUT2D eigenvalue weighted by atomic mass is 9.52. The van der Waals surface area contributed by atoms with Gasteiger partial charge in [0.2, 0.25) is 0 Å². The predicted octanol–water partition coefficient (Wildman–Crippen LogP) is 1.57. The molecule has 4 rings (SSSR count). The Morgan fingerprint density at radius 1 is 1.12 bits per heavy atom. The maximum Gasteiger partial charge on any atom is 0.306 e. The Morgan fingerprint density at radius 3 is 2.36 bits per heavy atom. The van der Waals surface area contributed by atoms with Gasteiger partial charge in [0.05, 0.1) is 16.9 Å². The molecule has 4 fully saturated rings. The van der Waals surface area contributed by atoms with E-state index in [0.29, 0.717) is 6.42 Å². The normalized spacial score (nSPS) is 45.2. The molecule has 0 aromatic heterocycles. The molecule has 2 bridgehead atoms. The lowest BCUT2D eigenvalue weighted by Gasteiger charge is -2.57. The number of aliphatic hydroxyl groups is 1. The summed E-state index contributed by atoms with van der Waals surface area (Å²) in [4.78, 5) is 49.9. The van der Waals surface area contributed by atoms with Crippen molar-refractivity contribution in [2.24, 2.45) is 28.1 Å². The minimum Gasteiger partial charge on any atom is -0.465 e. The molecule has 1 saturated heterocycles. The van der Waals surface area contributed by atoms with Gasteiger partial charge in [0, 0.05) is 25.7 Å². The fraction of sp³-hybridized carbons (Fsp3) is 0.833. The van der Waals surface area contributed by atoms with Crippen molar-refractivity contribution >= 4 is 23.7 Å². The Labute approximate surface area is 193 Å². The molecule has 0 amide bonds. The van der Waals surface area contributed by atoms with Crippen molar-refractivity contribution < 1.29 is 43.2 Å². The van der Waals surface area contributed by atoms with Gasteiger partial charge in [0.15, 0.2) is 5.78 Å². The number of hydrogen-bond donors (Lipinski definition) is 1. The van der Waals surface area contributed by atoms with E-state index in [4.69, 9.17) is 18.9 Å². The van der Waals surface area contributed by atoms with Gasteiger partial charge in [0.1, 0.15) is 31.0 Å². The first kappa shape index (κ1) is 24.1. The van der Waals surface area contributed by atoms with Gasteiger partial charge < -0.3 is 24.1 Å². The number of fused-ring (bicyclic) bond motifs is 6. The predicted molar refractivity (Wildman–Crippen MR) is 113 cm³/mol. The standard InChI is InChI=1S/C24H34O9/c1-11(2)7-16(27)32-15-9-24(10-30-12(3)25)20(14-8-22(14,15)5)33-18-17(28)21(31-13(4)26)23(24,6)19(18)29/h11,14-15,17-18,20-21,28H,7-10H2,1-6H3/t14-,15+,17+,18-,20-,21-,22-,23-,24-/m1/s1. The molecule has 1 aliphatic heterocycles. The molecule has 4 aliphatic rings. The van der Waals surface area contributed by atoms with Crippen molar-refractivity contribution in [2.75, 3.05) is 6.61 Å². The molecule has 33 heavy (non-hydrogen) atoms. The third-order valence-corrected chi connectivity index (χ3v) is 8.50. The van der Waals surface area contributed by atoms with Crippen LogP contribution in [0.4, 0.5) is 0 Å². The molecule has 0 radical (unpaired) electrons. The number of Topliss-reactive ketones (excluding diaryl/α,β-unsaturated/α-hetero) is 1. The van der Waals surface area contributed by atoms with E-state index in [0.717, 1.165) is 0 Å². The van der Waals surface area contributed by atoms with Crippen LogP contribution in [0.25, 0.3) is 0 Å². The Balaban J connectivity index is 1.78. The lowest BCUT2D eigenvalue weighted by Crippen LogP contribution is -2.67. The Hall–Kier alpha value is -2.00. The van der Waals surface area contributed by atoms with Gasteiger partial charge in [-0.25, -0.2) is 0 Å². The summed E-state index contributed by atoms with van der Waals surface area (Å²) in [6, 6.07) is 0. The first-order valence-electron chi connectivity index (χ1n) is 11.7. The van der Waals surface area contributed by atoms with Crippen molar-refractivity contribution in [1.82, 2.24) is 0 Å². The lowest BCUT2D eigenvalue weighted by molar-refractivity contribution is -0.236. The van der Waals surface area contributed by atoms with Crippen LogP contribution in [0, 0.1) is 28.1 Å². The summed E-state index contributed by atoms with van der Waals surface area (Å²) < 4.78 is 23.2. The van der Waals surface area contributed by atoms with E-state index in [2.05, 4.69) is 0 Å². The molecule has 9 atom stereocenters. The van der Waals surface area contributed by atoms with Gasteiger partial charge in [-0.15, -0.1) is 0 Å². The molecule has 9 nitrogen and oxygen atoms in total. The first-order valence-corrected chi connectivity index (χ1v) is 11.7. The summed E-state index contributed by atoms with van der Waals surface area (Å²) in [5, 5.41) is 10.9. The van der Waals surface area contributed by atoms with Gasteiger partial charge in [-0.05, 0) is 31.6 Å². The monoisotopic (exact) mass is 466 g/mol. The van der Waals surface area contributed by atoms with Crippen molar-refractivity contribution in [3.8, 4) is 0 Å². The van der Waals surface area contributed by atoms with Crippen LogP contribution < -0.4 is 0 Å². The second-order valence-corrected chi connectivity index (χ2v) is 11.1. The van der Waals surface area contributed by atoms with E-state index in [1.165, 1.54) is 13.8 Å². The Kier molecular flexibility index (Phi) is 5.68. The molecule has 184 valence electrons. The molecule has 0 spiro atoms. The van der Waals surface area contributed by atoms with Gasteiger partial charge in [-0.3, -0.25) is 19.2 Å². The van der Waals surface area contributed by atoms with Crippen LogP contribution in [-0.2, 0) is 38.1 Å². The zero-order valence-corrected chi connectivity index (χ0v) is 20.1. The molecule has 0 aromatic rings. The van der Waals surface area contributed by atoms with E-state index in [-0.39, 0.29) is 48.5 Å². The zero-order valence-electron chi connectivity index (χ0n) is 20.1. The number of ether oxygens (including phenoxy) is 4. The molecule has 9 heteroatoms. The number of carbonyl (C=O) groups excluding carboxylic acids is 4. The summed E-state index contributed by atoms with van der Waals surface area (Å²) in [7, 11) is 0. The molecule has 0 unspecified atom stereocenters. The average molecular weight is 467 g/mol. The van der Waals surface area contributed by atoms with Crippen molar-refractivity contribution in [2.45, 2.75) is 91.3 Å². The second-order valence-electron chi connectivity index (χ2n) is 11.1. The first-order chi connectivity index (χ1) is 15.3.